The Bertz CT molecular complexity index is 382. The largest absolute Gasteiger partial charge is 0.461 e. The first-order valence-corrected chi connectivity index (χ1v) is 5.95. The quantitative estimate of drug-likeness (QED) is 0.468. The Labute approximate surface area is 99.0 Å². The monoisotopic (exact) mass is 238 g/mol. The van der Waals surface area contributed by atoms with Gasteiger partial charge in [-0.05, 0) is 13.3 Å². The third-order valence-electron chi connectivity index (χ3n) is 1.82. The van der Waals surface area contributed by atoms with Gasteiger partial charge in [-0.3, -0.25) is 0 Å². The van der Waals surface area contributed by atoms with E-state index in [1.165, 1.54) is 11.3 Å². The number of anilines is 1. The Kier molecular flexibility index (Phi) is 5.37. The molecular weight excluding hydrogens is 224 g/mol. The van der Waals surface area contributed by atoms with Crippen LogP contribution in [0.1, 0.15) is 30.3 Å². The molecule has 0 atom stereocenters. The van der Waals surface area contributed by atoms with Crippen molar-refractivity contribution in [3.05, 3.63) is 11.2 Å². The number of terminal acetylenes is 1. The molecular formula is C11H14N2O2S. The molecule has 0 fully saturated rings. The number of rotatable bonds is 6. The van der Waals surface area contributed by atoms with Crippen molar-refractivity contribution in [1.29, 1.82) is 0 Å². The fourth-order valence-corrected chi connectivity index (χ4v) is 1.81. The van der Waals surface area contributed by atoms with Crippen LogP contribution in [0.2, 0.25) is 0 Å². The van der Waals surface area contributed by atoms with Gasteiger partial charge in [0.15, 0.2) is 5.69 Å². The first-order chi connectivity index (χ1) is 7.79. The first kappa shape index (κ1) is 12.5. The lowest BCUT2D eigenvalue weighted by atomic mass is 10.3. The zero-order valence-electron chi connectivity index (χ0n) is 9.16. The third-order valence-corrected chi connectivity index (χ3v) is 2.60. The second-order valence-corrected chi connectivity index (χ2v) is 3.84. The highest BCUT2D eigenvalue weighted by Gasteiger charge is 2.15. The van der Waals surface area contributed by atoms with Crippen molar-refractivity contribution in [3.8, 4) is 12.3 Å². The Balaban J connectivity index is 2.51. The Morgan fingerprint density at radius 1 is 1.75 bits per heavy atom. The smallest absolute Gasteiger partial charge is 0.360 e. The first-order valence-electron chi connectivity index (χ1n) is 5.07. The molecule has 1 aromatic rings. The summed E-state index contributed by atoms with van der Waals surface area (Å²) in [5.74, 6) is 2.18. The predicted octanol–water partition coefficient (Wildman–Crippen LogP) is 2.15. The van der Waals surface area contributed by atoms with E-state index in [4.69, 9.17) is 11.2 Å². The third kappa shape index (κ3) is 3.55. The number of hydrogen-bond acceptors (Lipinski definition) is 5. The van der Waals surface area contributed by atoms with Gasteiger partial charge < -0.3 is 10.1 Å². The maximum absolute atomic E-state index is 11.5. The van der Waals surface area contributed by atoms with E-state index in [2.05, 4.69) is 16.2 Å². The number of thiazole rings is 1. The Hall–Kier alpha value is -1.54. The summed E-state index contributed by atoms with van der Waals surface area (Å²) in [5, 5.41) is 3.87. The molecule has 0 aliphatic carbocycles. The number of unbranched alkanes of at least 4 members (excludes halogenated alkanes) is 1. The highest BCUT2D eigenvalue weighted by molar-refractivity contribution is 7.14. The van der Waals surface area contributed by atoms with Gasteiger partial charge in [0.05, 0.1) is 12.1 Å². The number of ether oxygens (including phenoxy) is 1. The van der Waals surface area contributed by atoms with Crippen LogP contribution < -0.4 is 5.32 Å². The maximum Gasteiger partial charge on any atom is 0.360 e. The minimum atomic E-state index is -0.386. The van der Waals surface area contributed by atoms with Gasteiger partial charge in [0.2, 0.25) is 0 Å². The average Bonchev–Trinajstić information content (AvgIpc) is 2.73. The minimum absolute atomic E-state index is 0.354. The Morgan fingerprint density at radius 3 is 3.25 bits per heavy atom. The van der Waals surface area contributed by atoms with Crippen molar-refractivity contribution in [2.75, 3.05) is 18.5 Å². The van der Waals surface area contributed by atoms with Gasteiger partial charge in [-0.25, -0.2) is 9.78 Å². The zero-order valence-corrected chi connectivity index (χ0v) is 9.97. The highest BCUT2D eigenvalue weighted by Crippen LogP contribution is 2.20. The van der Waals surface area contributed by atoms with Crippen molar-refractivity contribution < 1.29 is 9.53 Å². The fourth-order valence-electron chi connectivity index (χ4n) is 1.11. The summed E-state index contributed by atoms with van der Waals surface area (Å²) >= 11 is 1.39. The van der Waals surface area contributed by atoms with Crippen LogP contribution in [0.15, 0.2) is 5.51 Å². The van der Waals surface area contributed by atoms with E-state index in [0.717, 1.165) is 24.4 Å². The van der Waals surface area contributed by atoms with Crippen molar-refractivity contribution in [3.63, 3.8) is 0 Å². The number of esters is 1. The number of aromatic nitrogens is 1. The molecule has 1 N–H and O–H groups in total. The van der Waals surface area contributed by atoms with E-state index in [1.807, 2.05) is 0 Å². The van der Waals surface area contributed by atoms with Crippen LogP contribution in [-0.4, -0.2) is 24.1 Å². The van der Waals surface area contributed by atoms with Crippen molar-refractivity contribution in [2.45, 2.75) is 19.8 Å². The van der Waals surface area contributed by atoms with Crippen LogP contribution >= 0.6 is 11.3 Å². The number of carbonyl (C=O) groups excluding carboxylic acids is 1. The lowest BCUT2D eigenvalue weighted by molar-refractivity contribution is 0.0521. The minimum Gasteiger partial charge on any atom is -0.461 e. The molecule has 16 heavy (non-hydrogen) atoms. The second kappa shape index (κ2) is 6.85. The molecule has 0 radical (unpaired) electrons. The van der Waals surface area contributed by atoms with Crippen LogP contribution in [0.3, 0.4) is 0 Å². The summed E-state index contributed by atoms with van der Waals surface area (Å²) < 4.78 is 4.89. The van der Waals surface area contributed by atoms with Gasteiger partial charge in [-0.2, -0.15) is 0 Å². The molecule has 4 nitrogen and oxygen atoms in total. The van der Waals surface area contributed by atoms with E-state index in [-0.39, 0.29) is 5.97 Å². The molecule has 0 spiro atoms. The molecule has 0 aliphatic heterocycles. The van der Waals surface area contributed by atoms with Gasteiger partial charge in [0.25, 0.3) is 0 Å². The fraction of sp³-hybridized carbons (Fsp3) is 0.455. The lowest BCUT2D eigenvalue weighted by Gasteiger charge is -2.04. The molecule has 0 saturated heterocycles. The highest BCUT2D eigenvalue weighted by atomic mass is 32.1. The van der Waals surface area contributed by atoms with Crippen LogP contribution in [0.25, 0.3) is 0 Å². The topological polar surface area (TPSA) is 51.2 Å². The molecule has 86 valence electrons. The number of nitrogens with one attached hydrogen (secondary N) is 1. The summed E-state index contributed by atoms with van der Waals surface area (Å²) in [4.78, 5) is 15.4. The molecule has 0 unspecified atom stereocenters. The summed E-state index contributed by atoms with van der Waals surface area (Å²) in [5.41, 5.74) is 1.98. The molecule has 5 heteroatoms. The molecule has 0 bridgehead atoms. The lowest BCUT2D eigenvalue weighted by Crippen LogP contribution is -2.09. The van der Waals surface area contributed by atoms with E-state index >= 15 is 0 Å². The molecule has 0 aliphatic rings. The molecule has 1 aromatic heterocycles. The number of nitrogens with zero attached hydrogens (tertiary/aromatic N) is 1. The predicted molar refractivity (Wildman–Crippen MR) is 64.6 cm³/mol. The average molecular weight is 238 g/mol. The van der Waals surface area contributed by atoms with Crippen LogP contribution in [-0.2, 0) is 4.74 Å². The number of carbonyl (C=O) groups is 1. The normalized spacial score (nSPS) is 9.50. The van der Waals surface area contributed by atoms with E-state index in [0.29, 0.717) is 12.3 Å². The SMILES string of the molecule is C#CCCCNc1scnc1C(=O)OCC. The van der Waals surface area contributed by atoms with Gasteiger partial charge in [0.1, 0.15) is 5.00 Å². The number of hydrogen-bond donors (Lipinski definition) is 1. The van der Waals surface area contributed by atoms with E-state index < -0.39 is 0 Å². The molecule has 1 rings (SSSR count). The van der Waals surface area contributed by atoms with Gasteiger partial charge in [-0.15, -0.1) is 23.7 Å². The Morgan fingerprint density at radius 2 is 2.56 bits per heavy atom. The molecule has 0 aromatic carbocycles. The summed E-state index contributed by atoms with van der Waals surface area (Å²) in [7, 11) is 0. The maximum atomic E-state index is 11.5. The van der Waals surface area contributed by atoms with Crippen LogP contribution in [0.5, 0.6) is 0 Å². The van der Waals surface area contributed by atoms with Gasteiger partial charge in [-0.1, -0.05) is 0 Å². The standard InChI is InChI=1S/C11H14N2O2S/c1-3-5-6-7-12-10-9(13-8-16-10)11(14)15-4-2/h1,8,12H,4-7H2,2H3. The van der Waals surface area contributed by atoms with Crippen molar-refractivity contribution >= 4 is 22.3 Å². The summed E-state index contributed by atoms with van der Waals surface area (Å²) in [6.45, 7) is 2.86. The van der Waals surface area contributed by atoms with Crippen LogP contribution in [0, 0.1) is 12.3 Å². The molecule has 0 amide bonds. The molecule has 0 saturated carbocycles. The van der Waals surface area contributed by atoms with E-state index in [1.54, 1.807) is 12.4 Å². The van der Waals surface area contributed by atoms with Crippen LogP contribution in [0.4, 0.5) is 5.00 Å². The van der Waals surface area contributed by atoms with Gasteiger partial charge >= 0.3 is 5.97 Å². The summed E-state index contributed by atoms with van der Waals surface area (Å²) in [6.07, 6.45) is 6.74. The molecule has 1 heterocycles. The van der Waals surface area contributed by atoms with Crippen molar-refractivity contribution in [1.82, 2.24) is 4.98 Å². The van der Waals surface area contributed by atoms with E-state index in [9.17, 15) is 4.79 Å². The summed E-state index contributed by atoms with van der Waals surface area (Å²) in [6, 6.07) is 0. The zero-order chi connectivity index (χ0) is 11.8. The van der Waals surface area contributed by atoms with Gasteiger partial charge in [0, 0.05) is 13.0 Å². The second-order valence-electron chi connectivity index (χ2n) is 2.99. The van der Waals surface area contributed by atoms with Crippen molar-refractivity contribution in [2.24, 2.45) is 0 Å².